The van der Waals surface area contributed by atoms with Gasteiger partial charge in [-0.2, -0.15) is 26.3 Å². The van der Waals surface area contributed by atoms with Gasteiger partial charge in [-0.1, -0.05) is 47.5 Å². The summed E-state index contributed by atoms with van der Waals surface area (Å²) in [5.41, 5.74) is -3.27. The Morgan fingerprint density at radius 2 is 1.50 bits per heavy atom. The molecule has 38 heavy (non-hydrogen) atoms. The zero-order valence-electron chi connectivity index (χ0n) is 19.6. The molecule has 3 aromatic carbocycles. The molecule has 1 atom stereocenters. The molecule has 1 heterocycles. The van der Waals surface area contributed by atoms with E-state index < -0.39 is 41.3 Å². The van der Waals surface area contributed by atoms with E-state index in [-0.39, 0.29) is 40.4 Å². The standard InChI is InChI=1S/C27H21Cl2F6NO2/c28-21-8-7-17(13-22(21)29)25(20-4-1-2-5-23(20)37)9-3-6-24(38)36(15-25)14-16-10-18(26(30,31)32)12-19(11-16)27(33,34)35/h1-2,4-5,7-8,10-13,37H,3,6,9,14-15H2. The zero-order valence-corrected chi connectivity index (χ0v) is 21.1. The van der Waals surface area contributed by atoms with Gasteiger partial charge in [-0.3, -0.25) is 4.79 Å². The van der Waals surface area contributed by atoms with Crippen LogP contribution in [0.2, 0.25) is 10.0 Å². The molecule has 0 radical (unpaired) electrons. The third kappa shape index (κ3) is 5.73. The first-order chi connectivity index (χ1) is 17.7. The zero-order chi connectivity index (χ0) is 27.9. The number of halogens is 8. The van der Waals surface area contributed by atoms with Crippen LogP contribution in [0.4, 0.5) is 26.3 Å². The van der Waals surface area contributed by atoms with Crippen LogP contribution in [0.1, 0.15) is 47.1 Å². The van der Waals surface area contributed by atoms with Crippen molar-refractivity contribution in [2.75, 3.05) is 6.54 Å². The van der Waals surface area contributed by atoms with Gasteiger partial charge >= 0.3 is 12.4 Å². The monoisotopic (exact) mass is 575 g/mol. The Bertz CT molecular complexity index is 1330. The molecule has 1 aliphatic heterocycles. The van der Waals surface area contributed by atoms with Gasteiger partial charge in [-0.25, -0.2) is 0 Å². The van der Waals surface area contributed by atoms with E-state index in [0.29, 0.717) is 36.1 Å². The van der Waals surface area contributed by atoms with Crippen molar-refractivity contribution in [1.82, 2.24) is 4.90 Å². The number of phenolic OH excluding ortho intramolecular Hbond substituents is 1. The number of benzene rings is 3. The number of likely N-dealkylation sites (tertiary alicyclic amines) is 1. The van der Waals surface area contributed by atoms with Crippen LogP contribution in [0.15, 0.2) is 60.7 Å². The summed E-state index contributed by atoms with van der Waals surface area (Å²) in [5.74, 6) is -0.514. The van der Waals surface area contributed by atoms with Crippen LogP contribution in [-0.2, 0) is 29.1 Å². The van der Waals surface area contributed by atoms with Crippen LogP contribution in [0.5, 0.6) is 5.75 Å². The summed E-state index contributed by atoms with van der Waals surface area (Å²) in [6, 6.07) is 12.6. The number of hydrogen-bond donors (Lipinski definition) is 1. The Hall–Kier alpha value is -2.91. The summed E-state index contributed by atoms with van der Waals surface area (Å²) >= 11 is 12.4. The predicted molar refractivity (Wildman–Crippen MR) is 131 cm³/mol. The van der Waals surface area contributed by atoms with Crippen LogP contribution in [-0.4, -0.2) is 22.5 Å². The number of nitrogens with zero attached hydrogens (tertiary/aromatic N) is 1. The van der Waals surface area contributed by atoms with Gasteiger partial charge in [0.05, 0.1) is 21.2 Å². The summed E-state index contributed by atoms with van der Waals surface area (Å²) in [7, 11) is 0. The SMILES string of the molecule is O=C1CCCC(c2ccc(Cl)c(Cl)c2)(c2ccccc2O)CN1Cc1cc(C(F)(F)F)cc(C(F)(F)F)c1. The molecule has 11 heteroatoms. The number of para-hydroxylation sites is 1. The third-order valence-electron chi connectivity index (χ3n) is 6.72. The predicted octanol–water partition coefficient (Wildman–Crippen LogP) is 8.24. The molecular formula is C27H21Cl2F6NO2. The summed E-state index contributed by atoms with van der Waals surface area (Å²) in [6.45, 7) is -0.624. The number of carbonyl (C=O) groups excluding carboxylic acids is 1. The van der Waals surface area contributed by atoms with Crippen molar-refractivity contribution < 1.29 is 36.2 Å². The lowest BCUT2D eigenvalue weighted by molar-refractivity contribution is -0.143. The topological polar surface area (TPSA) is 40.5 Å². The molecular weight excluding hydrogens is 555 g/mol. The lowest BCUT2D eigenvalue weighted by atomic mass is 9.71. The second-order valence-electron chi connectivity index (χ2n) is 9.25. The minimum Gasteiger partial charge on any atom is -0.508 e. The lowest BCUT2D eigenvalue weighted by Crippen LogP contribution is -2.42. The molecule has 3 nitrogen and oxygen atoms in total. The Balaban J connectivity index is 1.84. The van der Waals surface area contributed by atoms with E-state index in [1.54, 1.807) is 36.4 Å². The smallest absolute Gasteiger partial charge is 0.416 e. The largest absolute Gasteiger partial charge is 0.508 e. The number of carbonyl (C=O) groups is 1. The van der Waals surface area contributed by atoms with Crippen molar-refractivity contribution >= 4 is 29.1 Å². The summed E-state index contributed by atoms with van der Waals surface area (Å²) in [6.07, 6.45) is -9.32. The normalized spacial score (nSPS) is 18.9. The maximum absolute atomic E-state index is 13.4. The van der Waals surface area contributed by atoms with Crippen LogP contribution in [0, 0.1) is 0 Å². The second-order valence-corrected chi connectivity index (χ2v) is 10.1. The molecule has 0 aromatic heterocycles. The van der Waals surface area contributed by atoms with Gasteiger partial charge in [0.2, 0.25) is 5.91 Å². The van der Waals surface area contributed by atoms with Gasteiger partial charge in [0.1, 0.15) is 5.75 Å². The number of aromatic hydroxyl groups is 1. The van der Waals surface area contributed by atoms with Crippen molar-refractivity contribution in [3.63, 3.8) is 0 Å². The molecule has 0 spiro atoms. The molecule has 1 saturated heterocycles. The van der Waals surface area contributed by atoms with Crippen LogP contribution in [0.25, 0.3) is 0 Å². The fourth-order valence-corrected chi connectivity index (χ4v) is 5.25. The fourth-order valence-electron chi connectivity index (χ4n) is 4.95. The van der Waals surface area contributed by atoms with E-state index in [1.165, 1.54) is 11.0 Å². The number of amides is 1. The number of hydrogen-bond acceptors (Lipinski definition) is 2. The number of phenols is 1. The van der Waals surface area contributed by atoms with E-state index >= 15 is 0 Å². The summed E-state index contributed by atoms with van der Waals surface area (Å²) in [5, 5.41) is 11.3. The second kappa shape index (κ2) is 10.3. The number of rotatable bonds is 4. The van der Waals surface area contributed by atoms with Gasteiger partial charge in [0, 0.05) is 30.5 Å². The highest BCUT2D eigenvalue weighted by Gasteiger charge is 2.42. The molecule has 1 unspecified atom stereocenters. The van der Waals surface area contributed by atoms with Gasteiger partial charge in [-0.05, 0) is 60.4 Å². The maximum atomic E-state index is 13.4. The summed E-state index contributed by atoms with van der Waals surface area (Å²) < 4.78 is 80.6. The van der Waals surface area contributed by atoms with Gasteiger partial charge < -0.3 is 10.0 Å². The highest BCUT2D eigenvalue weighted by molar-refractivity contribution is 6.42. The Morgan fingerprint density at radius 3 is 2.08 bits per heavy atom. The van der Waals surface area contributed by atoms with Crippen molar-refractivity contribution in [3.8, 4) is 5.75 Å². The fraction of sp³-hybridized carbons (Fsp3) is 0.296. The van der Waals surface area contributed by atoms with E-state index in [9.17, 15) is 36.2 Å². The molecule has 1 fully saturated rings. The lowest BCUT2D eigenvalue weighted by Gasteiger charge is -2.38. The van der Waals surface area contributed by atoms with Crippen LogP contribution in [0.3, 0.4) is 0 Å². The Kier molecular flexibility index (Phi) is 7.65. The molecule has 3 aromatic rings. The van der Waals surface area contributed by atoms with Crippen molar-refractivity contribution in [2.24, 2.45) is 0 Å². The van der Waals surface area contributed by atoms with Crippen LogP contribution >= 0.6 is 23.2 Å². The molecule has 1 N–H and O–H groups in total. The first-order valence-electron chi connectivity index (χ1n) is 11.5. The van der Waals surface area contributed by atoms with E-state index in [2.05, 4.69) is 0 Å². The van der Waals surface area contributed by atoms with Gasteiger partial charge in [0.25, 0.3) is 0 Å². The highest BCUT2D eigenvalue weighted by atomic mass is 35.5. The van der Waals surface area contributed by atoms with Crippen molar-refractivity contribution in [3.05, 3.63) is 98.5 Å². The molecule has 0 saturated carbocycles. The molecule has 4 rings (SSSR count). The molecule has 1 amide bonds. The van der Waals surface area contributed by atoms with E-state index in [1.807, 2.05) is 0 Å². The first kappa shape index (κ1) is 28.1. The van der Waals surface area contributed by atoms with Gasteiger partial charge in [0.15, 0.2) is 0 Å². The third-order valence-corrected chi connectivity index (χ3v) is 7.46. The average molecular weight is 576 g/mol. The average Bonchev–Trinajstić information content (AvgIpc) is 2.99. The van der Waals surface area contributed by atoms with Gasteiger partial charge in [-0.15, -0.1) is 0 Å². The molecule has 0 aliphatic carbocycles. The highest BCUT2D eigenvalue weighted by Crippen LogP contribution is 2.45. The minimum atomic E-state index is -5.02. The molecule has 202 valence electrons. The molecule has 0 bridgehead atoms. The van der Waals surface area contributed by atoms with E-state index in [0.717, 1.165) is 0 Å². The summed E-state index contributed by atoms with van der Waals surface area (Å²) in [4.78, 5) is 14.3. The molecule has 1 aliphatic rings. The number of alkyl halides is 6. The first-order valence-corrected chi connectivity index (χ1v) is 12.3. The van der Waals surface area contributed by atoms with Crippen molar-refractivity contribution in [2.45, 2.75) is 43.6 Å². The van der Waals surface area contributed by atoms with Crippen molar-refractivity contribution in [1.29, 1.82) is 0 Å². The minimum absolute atomic E-state index is 0.0156. The quantitative estimate of drug-likeness (QED) is 0.318. The van der Waals surface area contributed by atoms with E-state index in [4.69, 9.17) is 23.2 Å². The van der Waals surface area contributed by atoms with Crippen LogP contribution < -0.4 is 0 Å². The maximum Gasteiger partial charge on any atom is 0.416 e. The Labute approximate surface area is 224 Å². The Morgan fingerprint density at radius 1 is 0.868 bits per heavy atom.